The topological polar surface area (TPSA) is 35.6 Å². The molecule has 0 atom stereocenters. The van der Waals surface area contributed by atoms with Gasteiger partial charge in [0.2, 0.25) is 5.91 Å². The van der Waals surface area contributed by atoms with Gasteiger partial charge >= 0.3 is 0 Å². The van der Waals surface area contributed by atoms with E-state index in [1.165, 1.54) is 5.69 Å². The summed E-state index contributed by atoms with van der Waals surface area (Å²) in [6.07, 6.45) is 5.11. The summed E-state index contributed by atoms with van der Waals surface area (Å²) < 4.78 is 0. The number of amides is 1. The third-order valence-electron chi connectivity index (χ3n) is 3.25. The van der Waals surface area contributed by atoms with Gasteiger partial charge in [0.1, 0.15) is 0 Å². The number of nitrogens with zero attached hydrogens (tertiary/aromatic N) is 2. The molecule has 0 saturated carbocycles. The van der Waals surface area contributed by atoms with Crippen LogP contribution in [0.5, 0.6) is 0 Å². The number of para-hydroxylation sites is 1. The minimum absolute atomic E-state index is 0.00566. The van der Waals surface area contributed by atoms with Crippen LogP contribution in [0, 0.1) is 12.3 Å². The fourth-order valence-electron chi connectivity index (χ4n) is 2.21. The maximum atomic E-state index is 11.6. The van der Waals surface area contributed by atoms with E-state index in [2.05, 4.69) is 45.3 Å². The number of piperazine rings is 1. The number of rotatable bonds is 4. The monoisotopic (exact) mass is 257 g/mol. The average molecular weight is 257 g/mol. The second kappa shape index (κ2) is 6.81. The lowest BCUT2D eigenvalue weighted by Crippen LogP contribution is -2.49. The summed E-state index contributed by atoms with van der Waals surface area (Å²) in [5.41, 5.74) is 1.25. The molecule has 0 radical (unpaired) electrons. The van der Waals surface area contributed by atoms with Crippen molar-refractivity contribution in [2.75, 3.05) is 44.2 Å². The first kappa shape index (κ1) is 13.4. The average Bonchev–Trinajstić information content (AvgIpc) is 2.47. The third kappa shape index (κ3) is 4.01. The smallest absolute Gasteiger partial charge is 0.234 e. The molecule has 4 heteroatoms. The summed E-state index contributed by atoms with van der Waals surface area (Å²) in [5, 5.41) is 2.69. The fourth-order valence-corrected chi connectivity index (χ4v) is 2.21. The second-order valence-corrected chi connectivity index (χ2v) is 4.58. The normalized spacial score (nSPS) is 15.8. The van der Waals surface area contributed by atoms with E-state index in [0.29, 0.717) is 13.1 Å². The first-order valence-electron chi connectivity index (χ1n) is 6.52. The summed E-state index contributed by atoms with van der Waals surface area (Å²) in [5.74, 6) is 2.41. The number of benzene rings is 1. The van der Waals surface area contributed by atoms with Crippen molar-refractivity contribution in [3.63, 3.8) is 0 Å². The number of hydrogen-bond acceptors (Lipinski definition) is 3. The zero-order chi connectivity index (χ0) is 13.5. The maximum Gasteiger partial charge on any atom is 0.234 e. The van der Waals surface area contributed by atoms with Crippen LogP contribution >= 0.6 is 0 Å². The number of anilines is 1. The largest absolute Gasteiger partial charge is 0.369 e. The van der Waals surface area contributed by atoms with E-state index < -0.39 is 0 Å². The lowest BCUT2D eigenvalue weighted by atomic mass is 10.2. The Hall–Kier alpha value is -1.99. The van der Waals surface area contributed by atoms with Gasteiger partial charge in [-0.05, 0) is 12.1 Å². The number of carbonyl (C=O) groups excluding carboxylic acids is 1. The van der Waals surface area contributed by atoms with Crippen LogP contribution in [-0.4, -0.2) is 50.1 Å². The quantitative estimate of drug-likeness (QED) is 0.801. The molecule has 100 valence electrons. The summed E-state index contributed by atoms with van der Waals surface area (Å²) in [4.78, 5) is 16.1. The van der Waals surface area contributed by atoms with E-state index >= 15 is 0 Å². The number of terminal acetylenes is 1. The summed E-state index contributed by atoms with van der Waals surface area (Å²) in [6.45, 7) is 4.45. The Morgan fingerprint density at radius 2 is 1.89 bits per heavy atom. The van der Waals surface area contributed by atoms with E-state index in [-0.39, 0.29) is 5.91 Å². The van der Waals surface area contributed by atoms with Gasteiger partial charge in [-0.3, -0.25) is 9.69 Å². The van der Waals surface area contributed by atoms with Gasteiger partial charge in [-0.1, -0.05) is 24.1 Å². The molecule has 1 aromatic rings. The molecule has 0 aliphatic carbocycles. The van der Waals surface area contributed by atoms with Crippen LogP contribution in [0.15, 0.2) is 30.3 Å². The summed E-state index contributed by atoms with van der Waals surface area (Å²) in [7, 11) is 0. The Morgan fingerprint density at radius 1 is 1.21 bits per heavy atom. The van der Waals surface area contributed by atoms with E-state index in [4.69, 9.17) is 6.42 Å². The summed E-state index contributed by atoms with van der Waals surface area (Å²) in [6, 6.07) is 10.4. The molecule has 1 aliphatic rings. The minimum Gasteiger partial charge on any atom is -0.369 e. The van der Waals surface area contributed by atoms with E-state index in [1.807, 2.05) is 6.07 Å². The van der Waals surface area contributed by atoms with E-state index in [9.17, 15) is 4.79 Å². The lowest BCUT2D eigenvalue weighted by Gasteiger charge is -2.35. The SMILES string of the molecule is C#CCNC(=O)CN1CCN(c2ccccc2)CC1. The highest BCUT2D eigenvalue weighted by atomic mass is 16.2. The van der Waals surface area contributed by atoms with Crippen molar-refractivity contribution in [1.82, 2.24) is 10.2 Å². The van der Waals surface area contributed by atoms with Crippen LogP contribution < -0.4 is 10.2 Å². The molecule has 0 bridgehead atoms. The highest BCUT2D eigenvalue weighted by molar-refractivity contribution is 5.78. The van der Waals surface area contributed by atoms with Crippen LogP contribution in [0.1, 0.15) is 0 Å². The molecule has 1 aromatic carbocycles. The Bertz CT molecular complexity index is 444. The molecular formula is C15H19N3O. The van der Waals surface area contributed by atoms with Crippen molar-refractivity contribution >= 4 is 11.6 Å². The maximum absolute atomic E-state index is 11.6. The first-order valence-corrected chi connectivity index (χ1v) is 6.52. The van der Waals surface area contributed by atoms with Gasteiger partial charge in [0.05, 0.1) is 13.1 Å². The predicted octanol–water partition coefficient (Wildman–Crippen LogP) is 0.558. The molecular weight excluding hydrogens is 238 g/mol. The fraction of sp³-hybridized carbons (Fsp3) is 0.400. The van der Waals surface area contributed by atoms with Gasteiger partial charge in [-0.2, -0.15) is 0 Å². The Labute approximate surface area is 114 Å². The highest BCUT2D eigenvalue weighted by Gasteiger charge is 2.18. The minimum atomic E-state index is 0.00566. The second-order valence-electron chi connectivity index (χ2n) is 4.58. The third-order valence-corrected chi connectivity index (χ3v) is 3.25. The lowest BCUT2D eigenvalue weighted by molar-refractivity contribution is -0.122. The molecule has 1 heterocycles. The number of carbonyl (C=O) groups is 1. The summed E-state index contributed by atoms with van der Waals surface area (Å²) >= 11 is 0. The van der Waals surface area contributed by atoms with Crippen LogP contribution in [0.2, 0.25) is 0 Å². The highest BCUT2D eigenvalue weighted by Crippen LogP contribution is 2.15. The molecule has 2 rings (SSSR count). The van der Waals surface area contributed by atoms with Crippen LogP contribution in [-0.2, 0) is 4.79 Å². The van der Waals surface area contributed by atoms with Crippen LogP contribution in [0.25, 0.3) is 0 Å². The molecule has 0 unspecified atom stereocenters. The van der Waals surface area contributed by atoms with Crippen molar-refractivity contribution in [3.8, 4) is 12.3 Å². The van der Waals surface area contributed by atoms with Crippen molar-refractivity contribution < 1.29 is 4.79 Å². The zero-order valence-electron chi connectivity index (χ0n) is 11.0. The first-order chi connectivity index (χ1) is 9.29. The Morgan fingerprint density at radius 3 is 2.53 bits per heavy atom. The van der Waals surface area contributed by atoms with Gasteiger partial charge in [0.25, 0.3) is 0 Å². The van der Waals surface area contributed by atoms with Crippen LogP contribution in [0.4, 0.5) is 5.69 Å². The zero-order valence-corrected chi connectivity index (χ0v) is 11.0. The van der Waals surface area contributed by atoms with Crippen LogP contribution in [0.3, 0.4) is 0 Å². The number of hydrogen-bond donors (Lipinski definition) is 1. The van der Waals surface area contributed by atoms with Gasteiger partial charge < -0.3 is 10.2 Å². The Balaban J connectivity index is 1.77. The standard InChI is InChI=1S/C15H19N3O/c1-2-8-16-15(19)13-17-9-11-18(12-10-17)14-6-4-3-5-7-14/h1,3-7H,8-13H2,(H,16,19). The molecule has 1 amide bonds. The van der Waals surface area contributed by atoms with Gasteiger partial charge in [-0.25, -0.2) is 0 Å². The Kier molecular flexibility index (Phi) is 4.82. The molecule has 1 N–H and O–H groups in total. The van der Waals surface area contributed by atoms with Crippen molar-refractivity contribution in [2.24, 2.45) is 0 Å². The molecule has 0 spiro atoms. The molecule has 0 aromatic heterocycles. The number of nitrogens with one attached hydrogen (secondary N) is 1. The van der Waals surface area contributed by atoms with Crippen molar-refractivity contribution in [1.29, 1.82) is 0 Å². The van der Waals surface area contributed by atoms with Gasteiger partial charge in [0, 0.05) is 31.9 Å². The predicted molar refractivity (Wildman–Crippen MR) is 76.9 cm³/mol. The molecule has 1 saturated heterocycles. The molecule has 1 aliphatic heterocycles. The molecule has 1 fully saturated rings. The van der Waals surface area contributed by atoms with Crippen molar-refractivity contribution in [3.05, 3.63) is 30.3 Å². The molecule has 19 heavy (non-hydrogen) atoms. The van der Waals surface area contributed by atoms with Gasteiger partial charge in [0.15, 0.2) is 0 Å². The van der Waals surface area contributed by atoms with Crippen molar-refractivity contribution in [2.45, 2.75) is 0 Å². The van der Waals surface area contributed by atoms with E-state index in [0.717, 1.165) is 26.2 Å². The molecule has 4 nitrogen and oxygen atoms in total. The van der Waals surface area contributed by atoms with Gasteiger partial charge in [-0.15, -0.1) is 6.42 Å². The van der Waals surface area contributed by atoms with E-state index in [1.54, 1.807) is 0 Å².